The minimum Gasteiger partial charge on any atom is -0.391 e. The number of carbonyl (C=O) groups is 2. The van der Waals surface area contributed by atoms with Crippen molar-refractivity contribution in [1.82, 2.24) is 5.31 Å². The summed E-state index contributed by atoms with van der Waals surface area (Å²) in [6.45, 7) is 1.23. The second-order valence-corrected chi connectivity index (χ2v) is 2.60. The van der Waals surface area contributed by atoms with Gasteiger partial charge in [-0.05, 0) is 6.92 Å². The Morgan fingerprint density at radius 3 is 2.23 bits per heavy atom. The zero-order valence-corrected chi connectivity index (χ0v) is 7.07. The van der Waals surface area contributed by atoms with Gasteiger partial charge in [0.05, 0.1) is 12.1 Å². The molecule has 0 unspecified atom stereocenters. The van der Waals surface area contributed by atoms with Crippen molar-refractivity contribution in [3.63, 3.8) is 0 Å². The third kappa shape index (κ3) is 3.49. The first-order valence-electron chi connectivity index (χ1n) is 4.12. The Balaban J connectivity index is 4.63. The van der Waals surface area contributed by atoms with Crippen LogP contribution in [0.1, 0.15) is 6.92 Å². The highest BCUT2D eigenvalue weighted by atomic mass is 16.3. The molecule has 6 heteroatoms. The summed E-state index contributed by atoms with van der Waals surface area (Å²) >= 11 is 0. The summed E-state index contributed by atoms with van der Waals surface area (Å²) in [5.74, 6) is 0. The second-order valence-electron chi connectivity index (χ2n) is 2.60. The molecule has 0 aliphatic carbocycles. The van der Waals surface area contributed by atoms with Crippen LogP contribution in [0.15, 0.2) is 0 Å². The molecular weight excluding hydrogens is 178 g/mol. The first kappa shape index (κ1) is 10.1. The van der Waals surface area contributed by atoms with Gasteiger partial charge >= 0.3 is 0 Å². The van der Waals surface area contributed by atoms with E-state index in [2.05, 4.69) is 0 Å². The van der Waals surface area contributed by atoms with E-state index >= 15 is 0 Å². The van der Waals surface area contributed by atoms with Gasteiger partial charge in [0.15, 0.2) is 7.70 Å². The summed E-state index contributed by atoms with van der Waals surface area (Å²) in [6.07, 6.45) is -4.52. The highest BCUT2D eigenvalue weighted by molar-refractivity contribution is 5.57. The van der Waals surface area contributed by atoms with Crippen LogP contribution in [-0.4, -0.2) is 52.4 Å². The summed E-state index contributed by atoms with van der Waals surface area (Å²) in [6, 6.07) is -1.34. The van der Waals surface area contributed by atoms with Crippen LogP contribution in [0.5, 0.6) is 0 Å². The van der Waals surface area contributed by atoms with E-state index in [1.54, 1.807) is 0 Å². The van der Waals surface area contributed by atoms with Crippen LogP contribution in [0, 0.1) is 0 Å². The van der Waals surface area contributed by atoms with Crippen LogP contribution in [0.25, 0.3) is 0 Å². The van der Waals surface area contributed by atoms with Gasteiger partial charge in [-0.3, -0.25) is 4.79 Å². The van der Waals surface area contributed by atoms with Crippen LogP contribution in [0.4, 0.5) is 0 Å². The molecule has 4 atom stereocenters. The first-order chi connectivity index (χ1) is 6.45. The van der Waals surface area contributed by atoms with E-state index in [1.807, 2.05) is 0 Å². The number of hydrogen-bond acceptors (Lipinski definition) is 5. The molecule has 0 fully saturated rings. The molecule has 0 bridgehead atoms. The Morgan fingerprint density at radius 1 is 1.38 bits per heavy atom. The molecule has 6 nitrogen and oxygen atoms in total. The standard InChI is InChI=1S/C7H13NO5/c1-4(11)6(8-3-10)7(13)5(12)2-9/h2-7,11-13H,1H3,(H,8,10)/t4-,5-,6-,7-/m1/s1/i/hD. The lowest BCUT2D eigenvalue weighted by Crippen LogP contribution is -2.52. The topological polar surface area (TPSA) is 107 Å². The van der Waals surface area contributed by atoms with Gasteiger partial charge < -0.3 is 25.4 Å². The molecule has 0 saturated carbocycles. The lowest BCUT2D eigenvalue weighted by molar-refractivity contribution is -0.125. The minimum atomic E-state index is -1.73. The summed E-state index contributed by atoms with van der Waals surface area (Å²) in [4.78, 5) is 20.3. The quantitative estimate of drug-likeness (QED) is 0.345. The predicted octanol–water partition coefficient (Wildman–Crippen LogP) is -2.60. The van der Waals surface area contributed by atoms with Crippen LogP contribution >= 0.6 is 0 Å². The summed E-state index contributed by atoms with van der Waals surface area (Å²) in [5.41, 5.74) is 0. The molecule has 0 radical (unpaired) electrons. The van der Waals surface area contributed by atoms with Crippen molar-refractivity contribution in [2.24, 2.45) is 0 Å². The Morgan fingerprint density at radius 2 is 1.92 bits per heavy atom. The third-order valence-electron chi connectivity index (χ3n) is 1.57. The van der Waals surface area contributed by atoms with E-state index in [0.29, 0.717) is 0 Å². The van der Waals surface area contributed by atoms with Gasteiger partial charge in [-0.1, -0.05) is 0 Å². The predicted molar refractivity (Wildman–Crippen MR) is 42.7 cm³/mol. The lowest BCUT2D eigenvalue weighted by atomic mass is 10.0. The van der Waals surface area contributed by atoms with Gasteiger partial charge in [-0.15, -0.1) is 0 Å². The molecule has 0 saturated heterocycles. The highest BCUT2D eigenvalue weighted by Crippen LogP contribution is 2.02. The maximum atomic E-state index is 10.2. The Kier molecular flexibility index (Phi) is 4.37. The Hall–Kier alpha value is -0.980. The van der Waals surface area contributed by atoms with Crippen molar-refractivity contribution in [3.8, 4) is 0 Å². The molecular formula is C7H13NO5. The molecule has 13 heavy (non-hydrogen) atoms. The van der Waals surface area contributed by atoms with Crippen molar-refractivity contribution < 1.29 is 26.3 Å². The van der Waals surface area contributed by atoms with Gasteiger partial charge in [0.25, 0.3) is 0 Å². The van der Waals surface area contributed by atoms with Gasteiger partial charge in [0.1, 0.15) is 12.2 Å². The average molecular weight is 192 g/mol. The maximum Gasteiger partial charge on any atom is 0.207 e. The summed E-state index contributed by atoms with van der Waals surface area (Å²) in [5, 5.41) is 27.6. The van der Waals surface area contributed by atoms with Crippen molar-refractivity contribution in [1.29, 1.82) is 0 Å². The van der Waals surface area contributed by atoms with Crippen LogP contribution in [0.2, 0.25) is 1.41 Å². The van der Waals surface area contributed by atoms with Crippen molar-refractivity contribution in [2.75, 3.05) is 0 Å². The Bertz CT molecular complexity index is 201. The number of rotatable bonds is 6. The number of amides is 1. The largest absolute Gasteiger partial charge is 0.391 e. The molecule has 0 heterocycles. The molecule has 0 aromatic heterocycles. The molecule has 0 aromatic carbocycles. The molecule has 1 amide bonds. The van der Waals surface area contributed by atoms with E-state index in [-0.39, 0.29) is 18.0 Å². The summed E-state index contributed by atoms with van der Waals surface area (Å²) in [7, 11) is 0. The number of carbonyl (C=O) groups excluding carboxylic acids is 2. The van der Waals surface area contributed by atoms with E-state index in [9.17, 15) is 14.7 Å². The lowest BCUT2D eigenvalue weighted by Gasteiger charge is -2.25. The number of aliphatic hydroxyl groups is 3. The average Bonchev–Trinajstić information content (AvgIpc) is 2.15. The molecule has 0 aliphatic heterocycles. The van der Waals surface area contributed by atoms with Crippen molar-refractivity contribution in [3.05, 3.63) is 0 Å². The van der Waals surface area contributed by atoms with Gasteiger partial charge in [0.2, 0.25) is 6.41 Å². The van der Waals surface area contributed by atoms with E-state index in [0.717, 1.165) is 0 Å². The zero-order valence-electron chi connectivity index (χ0n) is 8.07. The van der Waals surface area contributed by atoms with Gasteiger partial charge in [-0.25, -0.2) is 0 Å². The SMILES string of the molecule is [2H]N(C=O)[C@@H]([C@H](O)[C@H](O)C=O)[C@@H](C)O. The van der Waals surface area contributed by atoms with Crippen molar-refractivity contribution in [2.45, 2.75) is 31.3 Å². The van der Waals surface area contributed by atoms with E-state index in [4.69, 9.17) is 11.6 Å². The second kappa shape index (κ2) is 5.63. The van der Waals surface area contributed by atoms with Crippen LogP contribution < -0.4 is 5.31 Å². The van der Waals surface area contributed by atoms with Crippen molar-refractivity contribution >= 4 is 12.7 Å². The van der Waals surface area contributed by atoms with Gasteiger partial charge in [-0.2, -0.15) is 0 Å². The molecule has 4 N–H and O–H groups in total. The fraction of sp³-hybridized carbons (Fsp3) is 0.714. The Labute approximate surface area is 76.6 Å². The number of aldehydes is 1. The van der Waals surface area contributed by atoms with Crippen LogP contribution in [-0.2, 0) is 9.59 Å². The number of nitrogens with one attached hydrogen (secondary N) is 1. The molecule has 0 spiro atoms. The first-order valence-corrected chi connectivity index (χ1v) is 3.67. The fourth-order valence-electron chi connectivity index (χ4n) is 0.851. The molecule has 0 aromatic rings. The minimum absolute atomic E-state index is 0.0676. The third-order valence-corrected chi connectivity index (χ3v) is 1.57. The summed E-state index contributed by atoms with van der Waals surface area (Å²) < 4.78 is 7.03. The van der Waals surface area contributed by atoms with Crippen LogP contribution in [0.3, 0.4) is 0 Å². The van der Waals surface area contributed by atoms with E-state index in [1.165, 1.54) is 6.92 Å². The monoisotopic (exact) mass is 192 g/mol. The zero-order chi connectivity index (χ0) is 11.3. The van der Waals surface area contributed by atoms with E-state index < -0.39 is 24.4 Å². The number of hydrogen-bond donors (Lipinski definition) is 4. The fourth-order valence-corrected chi connectivity index (χ4v) is 0.851. The molecule has 0 aliphatic rings. The molecule has 76 valence electrons. The normalized spacial score (nSPS) is 20.8. The smallest absolute Gasteiger partial charge is 0.207 e. The molecule has 0 rings (SSSR count). The van der Waals surface area contributed by atoms with Gasteiger partial charge in [0, 0.05) is 0 Å². The highest BCUT2D eigenvalue weighted by Gasteiger charge is 2.29. The maximum absolute atomic E-state index is 10.2. The number of aliphatic hydroxyl groups excluding tert-OH is 3.